The van der Waals surface area contributed by atoms with Crippen LogP contribution in [0.2, 0.25) is 0 Å². The molecule has 0 radical (unpaired) electrons. The van der Waals surface area contributed by atoms with Gasteiger partial charge in [-0.05, 0) is 43.7 Å². The smallest absolute Gasteiger partial charge is 0.405 e. The topological polar surface area (TPSA) is 71.5 Å². The van der Waals surface area contributed by atoms with E-state index in [1.165, 1.54) is 0 Å². The molecule has 0 atom stereocenters. The van der Waals surface area contributed by atoms with Gasteiger partial charge in [-0.15, -0.1) is 0 Å². The van der Waals surface area contributed by atoms with Gasteiger partial charge in [0.15, 0.2) is 5.78 Å². The number of ketones is 1. The second-order valence-electron chi connectivity index (χ2n) is 8.38. The molecule has 2 rings (SSSR count). The van der Waals surface area contributed by atoms with Crippen LogP contribution in [0.5, 0.6) is 5.88 Å². The van der Waals surface area contributed by atoms with E-state index >= 15 is 0 Å². The maximum atomic E-state index is 13.0. The molecule has 0 aromatic carbocycles. The molecule has 1 amide bonds. The number of hydrogen-bond acceptors (Lipinski definition) is 5. The van der Waals surface area contributed by atoms with E-state index in [0.29, 0.717) is 12.8 Å². The molecule has 0 spiro atoms. The summed E-state index contributed by atoms with van der Waals surface area (Å²) in [5.74, 6) is -1.34. The van der Waals surface area contributed by atoms with Crippen LogP contribution in [0.15, 0.2) is 12.1 Å². The molecule has 34 heavy (non-hydrogen) atoms. The number of ether oxygens (including phenoxy) is 1. The molecule has 1 aliphatic carbocycles. The highest BCUT2D eigenvalue weighted by atomic mass is 19.4. The predicted molar refractivity (Wildman–Crippen MR) is 113 cm³/mol. The van der Waals surface area contributed by atoms with E-state index in [4.69, 9.17) is 4.74 Å². The van der Waals surface area contributed by atoms with Gasteiger partial charge in [-0.1, -0.05) is 20.8 Å². The van der Waals surface area contributed by atoms with Gasteiger partial charge in [0.25, 0.3) is 5.91 Å². The summed E-state index contributed by atoms with van der Waals surface area (Å²) < 4.78 is 83.7. The zero-order valence-corrected chi connectivity index (χ0v) is 19.3. The number of nitrogens with zero attached hydrogens (tertiary/aromatic N) is 2. The molecule has 6 nitrogen and oxygen atoms in total. The molecule has 1 fully saturated rings. The Balaban J connectivity index is 2.43. The van der Waals surface area contributed by atoms with E-state index < -0.39 is 48.5 Å². The van der Waals surface area contributed by atoms with Crippen molar-refractivity contribution in [3.05, 3.63) is 17.8 Å². The van der Waals surface area contributed by atoms with Gasteiger partial charge in [0.05, 0.1) is 12.1 Å². The zero-order chi connectivity index (χ0) is 25.7. The normalized spacial score (nSPS) is 14.6. The van der Waals surface area contributed by atoms with Gasteiger partial charge < -0.3 is 15.0 Å². The Bertz CT molecular complexity index is 848. The molecule has 192 valence electrons. The van der Waals surface area contributed by atoms with Crippen molar-refractivity contribution in [3.8, 4) is 5.88 Å². The Morgan fingerprint density at radius 1 is 1.03 bits per heavy atom. The van der Waals surface area contributed by atoms with Crippen LogP contribution in [0, 0.1) is 5.92 Å². The maximum absolute atomic E-state index is 13.0. The van der Waals surface area contributed by atoms with E-state index in [2.05, 4.69) is 10.3 Å². The number of Topliss-reactive ketones (excluding diaryl/α,β-unsaturated/α-hetero) is 1. The third kappa shape index (κ3) is 7.76. The van der Waals surface area contributed by atoms with E-state index in [1.54, 1.807) is 20.8 Å². The lowest BCUT2D eigenvalue weighted by Crippen LogP contribution is -2.53. The number of carbonyl (C=O) groups is 2. The largest absolute Gasteiger partial charge is 0.476 e. The summed E-state index contributed by atoms with van der Waals surface area (Å²) in [6.45, 7) is 1.41. The zero-order valence-electron chi connectivity index (χ0n) is 19.3. The minimum Gasteiger partial charge on any atom is -0.476 e. The van der Waals surface area contributed by atoms with Gasteiger partial charge in [-0.2, -0.15) is 26.3 Å². The lowest BCUT2D eigenvalue weighted by Gasteiger charge is -2.31. The molecule has 0 saturated heterocycles. The van der Waals surface area contributed by atoms with Crippen LogP contribution in [-0.4, -0.2) is 54.3 Å². The number of nitrogens with one attached hydrogen (secondary N) is 1. The molecule has 0 aliphatic heterocycles. The SMILES string of the molecule is CCC(=O)C(CC)(CC)NC(=O)c1ccc(N(CC(F)(F)F)CC(F)(F)F)c(OCC2CC2)n1. The number of rotatable bonds is 12. The Morgan fingerprint density at radius 2 is 1.59 bits per heavy atom. The molecule has 12 heteroatoms. The predicted octanol–water partition coefficient (Wildman–Crippen LogP) is 5.07. The Kier molecular flexibility index (Phi) is 8.81. The first-order valence-corrected chi connectivity index (χ1v) is 11.1. The summed E-state index contributed by atoms with van der Waals surface area (Å²) in [5, 5.41) is 2.65. The van der Waals surface area contributed by atoms with Crippen molar-refractivity contribution < 1.29 is 40.7 Å². The molecule has 1 N–H and O–H groups in total. The summed E-state index contributed by atoms with van der Waals surface area (Å²) in [6, 6.07) is 1.99. The Labute approximate surface area is 194 Å². The van der Waals surface area contributed by atoms with E-state index in [0.717, 1.165) is 25.0 Å². The summed E-state index contributed by atoms with van der Waals surface area (Å²) in [4.78, 5) is 29.4. The van der Waals surface area contributed by atoms with Crippen molar-refractivity contribution in [2.75, 3.05) is 24.6 Å². The van der Waals surface area contributed by atoms with Crippen LogP contribution in [0.3, 0.4) is 0 Å². The van der Waals surface area contributed by atoms with Crippen molar-refractivity contribution in [3.63, 3.8) is 0 Å². The number of anilines is 1. The fourth-order valence-corrected chi connectivity index (χ4v) is 3.56. The molecular weight excluding hydrogens is 468 g/mol. The third-order valence-electron chi connectivity index (χ3n) is 5.72. The fourth-order valence-electron chi connectivity index (χ4n) is 3.56. The van der Waals surface area contributed by atoms with Crippen LogP contribution < -0.4 is 15.0 Å². The number of halogens is 6. The summed E-state index contributed by atoms with van der Waals surface area (Å²) >= 11 is 0. The van der Waals surface area contributed by atoms with Crippen LogP contribution >= 0.6 is 0 Å². The van der Waals surface area contributed by atoms with Crippen molar-refractivity contribution in [1.82, 2.24) is 10.3 Å². The van der Waals surface area contributed by atoms with Crippen molar-refractivity contribution in [2.24, 2.45) is 5.92 Å². The summed E-state index contributed by atoms with van der Waals surface area (Å²) in [6.07, 6.45) is -7.42. The monoisotopic (exact) mass is 497 g/mol. The molecular formula is C22H29F6N3O3. The average Bonchev–Trinajstić information content (AvgIpc) is 3.57. The minimum absolute atomic E-state index is 0.0547. The summed E-state index contributed by atoms with van der Waals surface area (Å²) in [5.41, 5.74) is -1.95. The van der Waals surface area contributed by atoms with Gasteiger partial charge in [0, 0.05) is 6.42 Å². The maximum Gasteiger partial charge on any atom is 0.405 e. The van der Waals surface area contributed by atoms with Crippen molar-refractivity contribution in [1.29, 1.82) is 0 Å². The molecule has 0 bridgehead atoms. The van der Waals surface area contributed by atoms with Crippen molar-refractivity contribution >= 4 is 17.4 Å². The van der Waals surface area contributed by atoms with E-state index in [9.17, 15) is 35.9 Å². The molecule has 1 heterocycles. The lowest BCUT2D eigenvalue weighted by molar-refractivity contribution is -0.137. The fraction of sp³-hybridized carbons (Fsp3) is 0.682. The van der Waals surface area contributed by atoms with Crippen LogP contribution in [-0.2, 0) is 4.79 Å². The first-order chi connectivity index (χ1) is 15.7. The Hall–Kier alpha value is -2.53. The van der Waals surface area contributed by atoms with Gasteiger partial charge in [0.1, 0.15) is 24.5 Å². The number of alkyl halides is 6. The molecule has 1 saturated carbocycles. The van der Waals surface area contributed by atoms with E-state index in [1.807, 2.05) is 0 Å². The van der Waals surface area contributed by atoms with Gasteiger partial charge in [-0.25, -0.2) is 4.98 Å². The van der Waals surface area contributed by atoms with Gasteiger partial charge >= 0.3 is 12.4 Å². The van der Waals surface area contributed by atoms with E-state index in [-0.39, 0.29) is 35.3 Å². The first kappa shape index (κ1) is 27.7. The van der Waals surface area contributed by atoms with Gasteiger partial charge in [-0.3, -0.25) is 9.59 Å². The minimum atomic E-state index is -4.92. The second-order valence-corrected chi connectivity index (χ2v) is 8.38. The highest BCUT2D eigenvalue weighted by Gasteiger charge is 2.40. The lowest BCUT2D eigenvalue weighted by atomic mass is 9.86. The van der Waals surface area contributed by atoms with Crippen LogP contribution in [0.4, 0.5) is 32.0 Å². The number of aromatic nitrogens is 1. The highest BCUT2D eigenvalue weighted by molar-refractivity contribution is 5.99. The standard InChI is InChI=1S/C22H29F6N3O3/c1-4-17(32)20(5-2,6-3)30-18(33)15-9-10-16(19(29-15)34-11-14-7-8-14)31(12-21(23,24)25)13-22(26,27)28/h9-10,14H,4-8,11-13H2,1-3H3,(H,30,33). The molecule has 1 aliphatic rings. The molecule has 1 aromatic heterocycles. The summed E-state index contributed by atoms with van der Waals surface area (Å²) in [7, 11) is 0. The van der Waals surface area contributed by atoms with Crippen LogP contribution in [0.25, 0.3) is 0 Å². The highest BCUT2D eigenvalue weighted by Crippen LogP contribution is 2.35. The molecule has 1 aromatic rings. The van der Waals surface area contributed by atoms with Crippen molar-refractivity contribution in [2.45, 2.75) is 70.8 Å². The van der Waals surface area contributed by atoms with Crippen LogP contribution in [0.1, 0.15) is 63.4 Å². The van der Waals surface area contributed by atoms with Gasteiger partial charge in [0.2, 0.25) is 5.88 Å². The average molecular weight is 497 g/mol. The number of hydrogen-bond donors (Lipinski definition) is 1. The molecule has 0 unspecified atom stereocenters. The number of carbonyl (C=O) groups excluding carboxylic acids is 2. The number of amides is 1. The first-order valence-electron chi connectivity index (χ1n) is 11.1. The number of pyridine rings is 1. The quantitative estimate of drug-likeness (QED) is 0.409. The second kappa shape index (κ2) is 10.8. The Morgan fingerprint density at radius 3 is 2.03 bits per heavy atom. The third-order valence-corrected chi connectivity index (χ3v) is 5.72.